The van der Waals surface area contributed by atoms with Crippen LogP contribution >= 0.6 is 0 Å². The number of likely N-dealkylation sites (N-methyl/N-ethyl adjacent to an activating group) is 1. The van der Waals surface area contributed by atoms with Crippen LogP contribution in [-0.2, 0) is 26.7 Å². The number of fused-ring (bicyclic) bond motifs is 1. The van der Waals surface area contributed by atoms with E-state index in [0.29, 0.717) is 5.82 Å². The number of hydrogen-bond donors (Lipinski definition) is 1. The summed E-state index contributed by atoms with van der Waals surface area (Å²) in [6, 6.07) is 0.279. The fourth-order valence-corrected chi connectivity index (χ4v) is 5.41. The summed E-state index contributed by atoms with van der Waals surface area (Å²) in [5.74, 6) is 1.31. The molecule has 2 aromatic heterocycles. The predicted octanol–water partition coefficient (Wildman–Crippen LogP) is 1.16. The number of likely N-dealkylation sites (tertiary alicyclic amines) is 1. The van der Waals surface area contributed by atoms with Gasteiger partial charge in [-0.05, 0) is 26.3 Å². The molecule has 0 bridgehead atoms. The van der Waals surface area contributed by atoms with E-state index in [1.165, 1.54) is 24.8 Å². The molecular formula is C21H32N8O. The van der Waals surface area contributed by atoms with Crippen molar-refractivity contribution < 1.29 is 4.79 Å². The number of aryl methyl sites for hydroxylation is 1. The molecule has 1 aliphatic carbocycles. The van der Waals surface area contributed by atoms with Gasteiger partial charge in [0.05, 0.1) is 18.3 Å². The second-order valence-corrected chi connectivity index (χ2v) is 9.40. The summed E-state index contributed by atoms with van der Waals surface area (Å²) >= 11 is 0. The molecule has 0 unspecified atom stereocenters. The van der Waals surface area contributed by atoms with Gasteiger partial charge >= 0.3 is 0 Å². The average Bonchev–Trinajstić information content (AvgIpc) is 3.43. The molecule has 2 aromatic rings. The van der Waals surface area contributed by atoms with Crippen molar-refractivity contribution in [2.75, 3.05) is 20.1 Å². The van der Waals surface area contributed by atoms with E-state index in [4.69, 9.17) is 0 Å². The average molecular weight is 413 g/mol. The van der Waals surface area contributed by atoms with E-state index in [1.807, 2.05) is 17.9 Å². The number of carbonyl (C=O) groups is 1. The van der Waals surface area contributed by atoms with Crippen LogP contribution in [0.3, 0.4) is 0 Å². The van der Waals surface area contributed by atoms with Crippen molar-refractivity contribution in [1.29, 1.82) is 0 Å². The molecule has 9 nitrogen and oxygen atoms in total. The van der Waals surface area contributed by atoms with E-state index in [9.17, 15) is 4.79 Å². The Labute approximate surface area is 177 Å². The van der Waals surface area contributed by atoms with Gasteiger partial charge < -0.3 is 9.88 Å². The number of nitrogens with zero attached hydrogens (tertiary/aromatic N) is 7. The Hall–Kier alpha value is -2.26. The smallest absolute Gasteiger partial charge is 0.289 e. The Bertz CT molecular complexity index is 914. The number of carbonyl (C=O) groups excluding carboxylic acids is 1. The molecule has 2 fully saturated rings. The minimum atomic E-state index is -0.0643. The maximum absolute atomic E-state index is 13.0. The number of nitrogens with one attached hydrogen (secondary N) is 1. The molecule has 1 saturated carbocycles. The van der Waals surface area contributed by atoms with Crippen LogP contribution in [0.25, 0.3) is 0 Å². The maximum atomic E-state index is 13.0. The fraction of sp³-hybridized carbons (Fsp3) is 0.714. The number of hydrogen-bond acceptors (Lipinski definition) is 6. The van der Waals surface area contributed by atoms with Gasteiger partial charge in [0.1, 0.15) is 5.82 Å². The van der Waals surface area contributed by atoms with Crippen molar-refractivity contribution in [1.82, 2.24) is 39.7 Å². The molecule has 1 N–H and O–H groups in total. The predicted molar refractivity (Wildman–Crippen MR) is 112 cm³/mol. The highest BCUT2D eigenvalue weighted by Gasteiger charge is 2.46. The van der Waals surface area contributed by atoms with Crippen LogP contribution in [0.15, 0.2) is 12.4 Å². The SMILES string of the molecule is CN1Cc2nnc(C(=O)NC3CCCCC3)n2C[C@@]12CCN(Cc1cnn(C)c1)C2. The van der Waals surface area contributed by atoms with Crippen molar-refractivity contribution in [3.63, 3.8) is 0 Å². The molecule has 1 atom stereocenters. The summed E-state index contributed by atoms with van der Waals surface area (Å²) in [5, 5.41) is 16.1. The lowest BCUT2D eigenvalue weighted by Crippen LogP contribution is -2.55. The van der Waals surface area contributed by atoms with Gasteiger partial charge in [0.15, 0.2) is 0 Å². The quantitative estimate of drug-likeness (QED) is 0.812. The molecule has 3 aliphatic rings. The summed E-state index contributed by atoms with van der Waals surface area (Å²) in [6.07, 6.45) is 10.9. The van der Waals surface area contributed by atoms with Crippen molar-refractivity contribution in [3.8, 4) is 0 Å². The van der Waals surface area contributed by atoms with Gasteiger partial charge in [0.25, 0.3) is 5.91 Å². The highest BCUT2D eigenvalue weighted by atomic mass is 16.2. The third-order valence-electron chi connectivity index (χ3n) is 7.19. The fourth-order valence-electron chi connectivity index (χ4n) is 5.41. The monoisotopic (exact) mass is 412 g/mol. The molecule has 0 aromatic carbocycles. The van der Waals surface area contributed by atoms with E-state index in [2.05, 4.69) is 48.2 Å². The summed E-state index contributed by atoms with van der Waals surface area (Å²) in [6.45, 7) is 4.42. The topological polar surface area (TPSA) is 84.1 Å². The molecule has 162 valence electrons. The first-order valence-electron chi connectivity index (χ1n) is 11.2. The Morgan fingerprint density at radius 2 is 2.03 bits per heavy atom. The summed E-state index contributed by atoms with van der Waals surface area (Å²) in [7, 11) is 4.13. The van der Waals surface area contributed by atoms with Gasteiger partial charge in [-0.1, -0.05) is 19.3 Å². The number of amides is 1. The zero-order valence-electron chi connectivity index (χ0n) is 18.0. The van der Waals surface area contributed by atoms with Gasteiger partial charge in [-0.3, -0.25) is 19.3 Å². The maximum Gasteiger partial charge on any atom is 0.289 e. The molecule has 1 amide bonds. The number of aromatic nitrogens is 5. The first-order valence-corrected chi connectivity index (χ1v) is 11.2. The first-order chi connectivity index (χ1) is 14.5. The highest BCUT2D eigenvalue weighted by Crippen LogP contribution is 2.34. The summed E-state index contributed by atoms with van der Waals surface area (Å²) in [5.41, 5.74) is 1.25. The van der Waals surface area contributed by atoms with Crippen LogP contribution in [0.1, 0.15) is 60.5 Å². The van der Waals surface area contributed by atoms with Crippen molar-refractivity contribution in [2.24, 2.45) is 7.05 Å². The molecule has 4 heterocycles. The zero-order chi connectivity index (χ0) is 20.7. The standard InChI is InChI=1S/C21H32N8O/c1-26-13-18-24-25-19(20(30)23-17-6-4-3-5-7-17)29(18)15-21(26)8-9-28(14-21)12-16-10-22-27(2)11-16/h10-11,17H,3-9,12-15H2,1-2H3,(H,23,30)/t21-/m0/s1. The van der Waals surface area contributed by atoms with Crippen molar-refractivity contribution >= 4 is 5.91 Å². The number of rotatable bonds is 4. The van der Waals surface area contributed by atoms with Crippen LogP contribution in [-0.4, -0.2) is 72.0 Å². The molecule has 9 heteroatoms. The van der Waals surface area contributed by atoms with Crippen LogP contribution in [0.5, 0.6) is 0 Å². The van der Waals surface area contributed by atoms with Crippen LogP contribution in [0.2, 0.25) is 0 Å². The molecule has 30 heavy (non-hydrogen) atoms. The van der Waals surface area contributed by atoms with Crippen LogP contribution < -0.4 is 5.32 Å². The van der Waals surface area contributed by atoms with Gasteiger partial charge in [-0.2, -0.15) is 5.10 Å². The van der Waals surface area contributed by atoms with Gasteiger partial charge in [0.2, 0.25) is 5.82 Å². The molecule has 1 saturated heterocycles. The highest BCUT2D eigenvalue weighted by molar-refractivity contribution is 5.91. The van der Waals surface area contributed by atoms with Crippen molar-refractivity contribution in [2.45, 2.75) is 69.7 Å². The zero-order valence-corrected chi connectivity index (χ0v) is 18.0. The molecule has 0 radical (unpaired) electrons. The lowest BCUT2D eigenvalue weighted by Gasteiger charge is -2.42. The molecule has 2 aliphatic heterocycles. The summed E-state index contributed by atoms with van der Waals surface area (Å²) < 4.78 is 3.93. The summed E-state index contributed by atoms with van der Waals surface area (Å²) in [4.78, 5) is 17.9. The lowest BCUT2D eigenvalue weighted by atomic mass is 9.94. The van der Waals surface area contributed by atoms with Crippen molar-refractivity contribution in [3.05, 3.63) is 29.6 Å². The van der Waals surface area contributed by atoms with Crippen LogP contribution in [0, 0.1) is 0 Å². The van der Waals surface area contributed by atoms with Gasteiger partial charge in [-0.15, -0.1) is 10.2 Å². The Morgan fingerprint density at radius 1 is 1.20 bits per heavy atom. The van der Waals surface area contributed by atoms with E-state index < -0.39 is 0 Å². The van der Waals surface area contributed by atoms with E-state index >= 15 is 0 Å². The Morgan fingerprint density at radius 3 is 2.80 bits per heavy atom. The second-order valence-electron chi connectivity index (χ2n) is 9.40. The minimum absolute atomic E-state index is 0.0114. The Balaban J connectivity index is 1.30. The molecule has 1 spiro atoms. The van der Waals surface area contributed by atoms with E-state index in [1.54, 1.807) is 0 Å². The normalized spacial score (nSPS) is 25.7. The van der Waals surface area contributed by atoms with Gasteiger partial charge in [0, 0.05) is 51.0 Å². The van der Waals surface area contributed by atoms with E-state index in [-0.39, 0.29) is 17.5 Å². The van der Waals surface area contributed by atoms with E-state index in [0.717, 1.165) is 57.8 Å². The minimum Gasteiger partial charge on any atom is -0.347 e. The largest absolute Gasteiger partial charge is 0.347 e. The molecular weight excluding hydrogens is 380 g/mol. The lowest BCUT2D eigenvalue weighted by molar-refractivity contribution is 0.0646. The van der Waals surface area contributed by atoms with Gasteiger partial charge in [-0.25, -0.2) is 0 Å². The molecule has 5 rings (SSSR count). The van der Waals surface area contributed by atoms with Crippen LogP contribution in [0.4, 0.5) is 0 Å². The third-order valence-corrected chi connectivity index (χ3v) is 7.19. The second kappa shape index (κ2) is 7.77. The Kier molecular flexibility index (Phi) is 5.10. The third kappa shape index (κ3) is 3.65. The first kappa shape index (κ1) is 19.7.